The predicted octanol–water partition coefficient (Wildman–Crippen LogP) is 2.44. The highest BCUT2D eigenvalue weighted by Gasteiger charge is 2.18. The molecule has 0 unspecified atom stereocenters. The third kappa shape index (κ3) is 3.59. The fourth-order valence-corrected chi connectivity index (χ4v) is 1.92. The Bertz CT molecular complexity index is 643. The molecule has 0 atom stereocenters. The lowest BCUT2D eigenvalue weighted by Crippen LogP contribution is -2.19. The Labute approximate surface area is 123 Å². The van der Waals surface area contributed by atoms with E-state index < -0.39 is 5.97 Å². The monoisotopic (exact) mass is 288 g/mol. The van der Waals surface area contributed by atoms with E-state index in [1.165, 1.54) is 6.07 Å². The zero-order chi connectivity index (χ0) is 15.6. The Balaban J connectivity index is 2.14. The van der Waals surface area contributed by atoms with Crippen molar-refractivity contribution >= 4 is 11.8 Å². The lowest BCUT2D eigenvalue weighted by Gasteiger charge is -2.17. The summed E-state index contributed by atoms with van der Waals surface area (Å²) >= 11 is 0. The first-order chi connectivity index (χ1) is 9.77. The molecule has 0 bridgehead atoms. The van der Waals surface area contributed by atoms with Gasteiger partial charge in [0.2, 0.25) is 0 Å². The van der Waals surface area contributed by atoms with Gasteiger partial charge in [0.25, 0.3) is 0 Å². The van der Waals surface area contributed by atoms with Gasteiger partial charge in [0, 0.05) is 12.5 Å². The summed E-state index contributed by atoms with van der Waals surface area (Å²) in [5.74, 6) is -0.413. The Morgan fingerprint density at radius 1 is 1.38 bits per heavy atom. The number of H-pyrrole nitrogens is 1. The van der Waals surface area contributed by atoms with Gasteiger partial charge in [0.1, 0.15) is 5.82 Å². The van der Waals surface area contributed by atoms with E-state index in [1.807, 2.05) is 18.0 Å². The summed E-state index contributed by atoms with van der Waals surface area (Å²) in [5.41, 5.74) is 2.00. The molecule has 0 saturated carbocycles. The van der Waals surface area contributed by atoms with E-state index in [0.717, 1.165) is 11.4 Å². The second kappa shape index (κ2) is 5.55. The number of carboxylic acid groups (broad SMARTS) is 1. The molecule has 112 valence electrons. The van der Waals surface area contributed by atoms with Crippen molar-refractivity contribution in [3.63, 3.8) is 0 Å². The molecule has 6 nitrogen and oxygen atoms in total. The van der Waals surface area contributed by atoms with Crippen molar-refractivity contribution < 1.29 is 9.90 Å². The van der Waals surface area contributed by atoms with E-state index >= 15 is 0 Å². The van der Waals surface area contributed by atoms with Crippen molar-refractivity contribution in [2.75, 3.05) is 11.9 Å². The van der Waals surface area contributed by atoms with Crippen LogP contribution in [0.3, 0.4) is 0 Å². The number of carbonyl (C=O) groups is 1. The third-order valence-corrected chi connectivity index (χ3v) is 3.15. The number of hydrogen-bond donors (Lipinski definition) is 2. The molecular weight excluding hydrogens is 268 g/mol. The minimum absolute atomic E-state index is 0.00516. The van der Waals surface area contributed by atoms with Crippen LogP contribution in [0, 0.1) is 0 Å². The zero-order valence-corrected chi connectivity index (χ0v) is 12.7. The van der Waals surface area contributed by atoms with Crippen molar-refractivity contribution in [2.24, 2.45) is 0 Å². The molecule has 0 saturated heterocycles. The Morgan fingerprint density at radius 3 is 2.67 bits per heavy atom. The summed E-state index contributed by atoms with van der Waals surface area (Å²) in [4.78, 5) is 16.9. The van der Waals surface area contributed by atoms with Crippen molar-refractivity contribution in [2.45, 2.75) is 32.7 Å². The van der Waals surface area contributed by atoms with Crippen LogP contribution in [-0.4, -0.2) is 33.3 Å². The highest BCUT2D eigenvalue weighted by atomic mass is 16.4. The summed E-state index contributed by atoms with van der Waals surface area (Å²) in [6.07, 6.45) is 0. The van der Waals surface area contributed by atoms with Gasteiger partial charge in [-0.3, -0.25) is 5.10 Å². The van der Waals surface area contributed by atoms with E-state index in [0.29, 0.717) is 12.4 Å². The molecule has 2 rings (SSSR count). The first-order valence-corrected chi connectivity index (χ1v) is 6.73. The Morgan fingerprint density at radius 2 is 2.10 bits per heavy atom. The molecule has 2 aromatic rings. The van der Waals surface area contributed by atoms with Gasteiger partial charge < -0.3 is 10.0 Å². The van der Waals surface area contributed by atoms with Gasteiger partial charge in [-0.25, -0.2) is 9.78 Å². The highest BCUT2D eigenvalue weighted by Crippen LogP contribution is 2.21. The number of pyridine rings is 1. The molecule has 2 aromatic heterocycles. The van der Waals surface area contributed by atoms with Gasteiger partial charge in [0.15, 0.2) is 5.69 Å². The van der Waals surface area contributed by atoms with Crippen LogP contribution in [0.25, 0.3) is 0 Å². The van der Waals surface area contributed by atoms with Gasteiger partial charge in [-0.1, -0.05) is 26.8 Å². The molecule has 0 amide bonds. The normalized spacial score (nSPS) is 11.4. The smallest absolute Gasteiger partial charge is 0.354 e. The van der Waals surface area contributed by atoms with E-state index in [4.69, 9.17) is 5.11 Å². The quantitative estimate of drug-likeness (QED) is 0.903. The SMILES string of the molecule is CN(Cc1cc(C(C)(C)C)n[nH]1)c1cccc(C(=O)O)n1. The van der Waals surface area contributed by atoms with E-state index in [2.05, 4.69) is 36.0 Å². The molecule has 0 aromatic carbocycles. The standard InChI is InChI=1S/C15H20N4O2/c1-15(2,3)12-8-10(17-18-12)9-19(4)13-7-5-6-11(16-13)14(20)21/h5-8H,9H2,1-4H3,(H,17,18)(H,20,21). The summed E-state index contributed by atoms with van der Waals surface area (Å²) in [7, 11) is 1.87. The van der Waals surface area contributed by atoms with Gasteiger partial charge in [-0.05, 0) is 18.2 Å². The number of carboxylic acids is 1. The average Bonchev–Trinajstić information content (AvgIpc) is 2.87. The van der Waals surface area contributed by atoms with Crippen LogP contribution >= 0.6 is 0 Å². The minimum Gasteiger partial charge on any atom is -0.477 e. The zero-order valence-electron chi connectivity index (χ0n) is 12.7. The Hall–Kier alpha value is -2.37. The summed E-state index contributed by atoms with van der Waals surface area (Å²) < 4.78 is 0. The fourth-order valence-electron chi connectivity index (χ4n) is 1.92. The molecular formula is C15H20N4O2. The molecule has 0 fully saturated rings. The molecule has 21 heavy (non-hydrogen) atoms. The minimum atomic E-state index is -1.03. The largest absolute Gasteiger partial charge is 0.477 e. The number of rotatable bonds is 4. The highest BCUT2D eigenvalue weighted by molar-refractivity contribution is 5.85. The molecule has 0 spiro atoms. The van der Waals surface area contributed by atoms with E-state index in [9.17, 15) is 4.79 Å². The summed E-state index contributed by atoms with van der Waals surface area (Å²) in [5, 5.41) is 16.3. The van der Waals surface area contributed by atoms with Crippen LogP contribution in [0.15, 0.2) is 24.3 Å². The number of aromatic amines is 1. The molecule has 2 heterocycles. The Kier molecular flexibility index (Phi) is 3.97. The summed E-state index contributed by atoms with van der Waals surface area (Å²) in [6.45, 7) is 6.90. The van der Waals surface area contributed by atoms with Crippen molar-refractivity contribution in [3.8, 4) is 0 Å². The first-order valence-electron chi connectivity index (χ1n) is 6.73. The maximum Gasteiger partial charge on any atom is 0.354 e. The predicted molar refractivity (Wildman–Crippen MR) is 80.6 cm³/mol. The lowest BCUT2D eigenvalue weighted by atomic mass is 9.92. The number of aromatic carboxylic acids is 1. The maximum absolute atomic E-state index is 11.0. The third-order valence-electron chi connectivity index (χ3n) is 3.15. The van der Waals surface area contributed by atoms with Crippen molar-refractivity contribution in [3.05, 3.63) is 41.3 Å². The van der Waals surface area contributed by atoms with Crippen LogP contribution in [0.1, 0.15) is 42.6 Å². The molecule has 6 heteroatoms. The van der Waals surface area contributed by atoms with Crippen LogP contribution in [0.4, 0.5) is 5.82 Å². The topological polar surface area (TPSA) is 82.1 Å². The van der Waals surface area contributed by atoms with E-state index in [-0.39, 0.29) is 11.1 Å². The van der Waals surface area contributed by atoms with Gasteiger partial charge >= 0.3 is 5.97 Å². The number of anilines is 1. The van der Waals surface area contributed by atoms with Gasteiger partial charge in [-0.2, -0.15) is 5.10 Å². The van der Waals surface area contributed by atoms with Crippen LogP contribution in [-0.2, 0) is 12.0 Å². The van der Waals surface area contributed by atoms with Crippen molar-refractivity contribution in [1.82, 2.24) is 15.2 Å². The first kappa shape index (κ1) is 15.0. The second-order valence-electron chi connectivity index (χ2n) is 6.07. The second-order valence-corrected chi connectivity index (χ2v) is 6.07. The van der Waals surface area contributed by atoms with Crippen LogP contribution in [0.5, 0.6) is 0 Å². The number of nitrogens with one attached hydrogen (secondary N) is 1. The van der Waals surface area contributed by atoms with Gasteiger partial charge in [0.05, 0.1) is 17.9 Å². The van der Waals surface area contributed by atoms with Crippen molar-refractivity contribution in [1.29, 1.82) is 0 Å². The number of nitrogens with zero attached hydrogens (tertiary/aromatic N) is 3. The molecule has 0 aliphatic rings. The van der Waals surface area contributed by atoms with Gasteiger partial charge in [-0.15, -0.1) is 0 Å². The summed E-state index contributed by atoms with van der Waals surface area (Å²) in [6, 6.07) is 6.98. The van der Waals surface area contributed by atoms with Crippen LogP contribution in [0.2, 0.25) is 0 Å². The van der Waals surface area contributed by atoms with E-state index in [1.54, 1.807) is 12.1 Å². The lowest BCUT2D eigenvalue weighted by molar-refractivity contribution is 0.0690. The fraction of sp³-hybridized carbons (Fsp3) is 0.400. The number of hydrogen-bond acceptors (Lipinski definition) is 4. The molecule has 0 aliphatic heterocycles. The molecule has 2 N–H and O–H groups in total. The van der Waals surface area contributed by atoms with Crippen LogP contribution < -0.4 is 4.90 Å². The maximum atomic E-state index is 11.0. The molecule has 0 aliphatic carbocycles. The molecule has 0 radical (unpaired) electrons. The number of aromatic nitrogens is 3. The average molecular weight is 288 g/mol.